The lowest BCUT2D eigenvalue weighted by molar-refractivity contribution is 0.628. The van der Waals surface area contributed by atoms with Crippen LogP contribution < -0.4 is 0 Å². The van der Waals surface area contributed by atoms with Gasteiger partial charge in [-0.1, -0.05) is 31.9 Å². The molecule has 0 aromatic carbocycles. The van der Waals surface area contributed by atoms with Gasteiger partial charge in [0, 0.05) is 5.41 Å². The average molecular weight is 132 g/mol. The molecular formula is C10H12. The fourth-order valence-electron chi connectivity index (χ4n) is 0.542. The van der Waals surface area contributed by atoms with E-state index in [2.05, 4.69) is 30.4 Å². The van der Waals surface area contributed by atoms with Gasteiger partial charge >= 0.3 is 0 Å². The summed E-state index contributed by atoms with van der Waals surface area (Å²) in [6.45, 7) is 11.0. The van der Waals surface area contributed by atoms with E-state index in [9.17, 15) is 0 Å². The van der Waals surface area contributed by atoms with E-state index in [4.69, 9.17) is 0 Å². The SMILES string of the molecule is C=C=C=CC(C)(C)C=C=C. The molecule has 0 radical (unpaired) electrons. The topological polar surface area (TPSA) is 0 Å². The molecule has 0 amide bonds. The van der Waals surface area contributed by atoms with Crippen molar-refractivity contribution >= 4 is 0 Å². The van der Waals surface area contributed by atoms with Crippen LogP contribution in [0.15, 0.2) is 42.5 Å². The zero-order valence-corrected chi connectivity index (χ0v) is 6.57. The maximum absolute atomic E-state index is 3.49. The highest BCUT2D eigenvalue weighted by atomic mass is 14.1. The molecule has 0 unspecified atom stereocenters. The highest BCUT2D eigenvalue weighted by molar-refractivity contribution is 5.05. The Morgan fingerprint density at radius 3 is 2.20 bits per heavy atom. The standard InChI is InChI=1S/C10H12/c1-5-7-9-10(3,4)8-6-2/h8-9H,1-2H2,3-4H3. The van der Waals surface area contributed by atoms with Crippen molar-refractivity contribution in [1.29, 1.82) is 0 Å². The monoisotopic (exact) mass is 132 g/mol. The Morgan fingerprint density at radius 2 is 1.80 bits per heavy atom. The summed E-state index contributed by atoms with van der Waals surface area (Å²) in [5.74, 6) is 0. The average Bonchev–Trinajstić information content (AvgIpc) is 1.84. The summed E-state index contributed by atoms with van der Waals surface area (Å²) in [5.41, 5.74) is 8.03. The van der Waals surface area contributed by atoms with E-state index in [0.29, 0.717) is 0 Å². The molecular weight excluding hydrogens is 120 g/mol. The van der Waals surface area contributed by atoms with E-state index in [1.807, 2.05) is 26.0 Å². The zero-order valence-electron chi connectivity index (χ0n) is 6.57. The van der Waals surface area contributed by atoms with Crippen LogP contribution in [0.25, 0.3) is 0 Å². The first-order chi connectivity index (χ1) is 4.62. The second kappa shape index (κ2) is 3.77. The van der Waals surface area contributed by atoms with Crippen LogP contribution in [-0.4, -0.2) is 0 Å². The molecule has 0 aromatic rings. The van der Waals surface area contributed by atoms with Gasteiger partial charge in [0.15, 0.2) is 0 Å². The van der Waals surface area contributed by atoms with E-state index in [1.54, 1.807) is 0 Å². The summed E-state index contributed by atoms with van der Waals surface area (Å²) in [6, 6.07) is 0. The van der Waals surface area contributed by atoms with Gasteiger partial charge in [0.2, 0.25) is 0 Å². The van der Waals surface area contributed by atoms with Crippen LogP contribution in [0.5, 0.6) is 0 Å². The van der Waals surface area contributed by atoms with Gasteiger partial charge in [0.25, 0.3) is 0 Å². The molecule has 0 bridgehead atoms. The quantitative estimate of drug-likeness (QED) is 0.507. The molecule has 0 saturated heterocycles. The fourth-order valence-corrected chi connectivity index (χ4v) is 0.542. The van der Waals surface area contributed by atoms with Crippen LogP contribution in [-0.2, 0) is 0 Å². The van der Waals surface area contributed by atoms with E-state index < -0.39 is 0 Å². The predicted molar refractivity (Wildman–Crippen MR) is 44.7 cm³/mol. The molecule has 0 saturated carbocycles. The van der Waals surface area contributed by atoms with E-state index in [1.165, 1.54) is 0 Å². The highest BCUT2D eigenvalue weighted by Gasteiger charge is 2.06. The molecule has 0 rings (SSSR count). The third-order valence-corrected chi connectivity index (χ3v) is 1.02. The molecule has 10 heavy (non-hydrogen) atoms. The third-order valence-electron chi connectivity index (χ3n) is 1.02. The Balaban J connectivity index is 4.56. The van der Waals surface area contributed by atoms with E-state index >= 15 is 0 Å². The largest absolute Gasteiger partial charge is 0.132 e. The van der Waals surface area contributed by atoms with E-state index in [0.717, 1.165) is 0 Å². The molecule has 0 heterocycles. The lowest BCUT2D eigenvalue weighted by Gasteiger charge is -2.09. The van der Waals surface area contributed by atoms with E-state index in [-0.39, 0.29) is 5.41 Å². The van der Waals surface area contributed by atoms with Crippen molar-refractivity contribution in [1.82, 2.24) is 0 Å². The van der Waals surface area contributed by atoms with Crippen molar-refractivity contribution in [3.05, 3.63) is 42.5 Å². The lowest BCUT2D eigenvalue weighted by atomic mass is 9.94. The lowest BCUT2D eigenvalue weighted by Crippen LogP contribution is -1.99. The van der Waals surface area contributed by atoms with Crippen molar-refractivity contribution in [2.75, 3.05) is 0 Å². The van der Waals surface area contributed by atoms with Crippen molar-refractivity contribution in [3.63, 3.8) is 0 Å². The van der Waals surface area contributed by atoms with Crippen molar-refractivity contribution in [2.45, 2.75) is 13.8 Å². The highest BCUT2D eigenvalue weighted by Crippen LogP contribution is 2.16. The van der Waals surface area contributed by atoms with Crippen molar-refractivity contribution < 1.29 is 0 Å². The fraction of sp³-hybridized carbons (Fsp3) is 0.300. The van der Waals surface area contributed by atoms with Crippen LogP contribution >= 0.6 is 0 Å². The first-order valence-corrected chi connectivity index (χ1v) is 3.11. The van der Waals surface area contributed by atoms with Gasteiger partial charge in [-0.25, -0.2) is 0 Å². The molecule has 0 heteroatoms. The van der Waals surface area contributed by atoms with Gasteiger partial charge < -0.3 is 0 Å². The Labute approximate surface area is 62.6 Å². The van der Waals surface area contributed by atoms with Crippen molar-refractivity contribution in [2.24, 2.45) is 5.41 Å². The van der Waals surface area contributed by atoms with Crippen molar-refractivity contribution in [3.8, 4) is 0 Å². The molecule has 0 aliphatic rings. The summed E-state index contributed by atoms with van der Waals surface area (Å²) >= 11 is 0. The molecule has 0 aliphatic carbocycles. The van der Waals surface area contributed by atoms with Gasteiger partial charge in [-0.2, -0.15) is 0 Å². The second-order valence-electron chi connectivity index (χ2n) is 2.64. The summed E-state index contributed by atoms with van der Waals surface area (Å²) < 4.78 is 0. The minimum atomic E-state index is -0.0353. The number of allylic oxidation sites excluding steroid dienone is 2. The summed E-state index contributed by atoms with van der Waals surface area (Å²) in [5, 5.41) is 0. The van der Waals surface area contributed by atoms with Gasteiger partial charge in [0.1, 0.15) is 0 Å². The van der Waals surface area contributed by atoms with Gasteiger partial charge in [-0.05, 0) is 18.7 Å². The minimum absolute atomic E-state index is 0.0353. The normalized spacial score (nSPS) is 8.60. The molecule has 0 spiro atoms. The Morgan fingerprint density at radius 1 is 1.20 bits per heavy atom. The smallest absolute Gasteiger partial charge is 0.0161 e. The maximum Gasteiger partial charge on any atom is 0.0161 e. The third kappa shape index (κ3) is 3.78. The number of rotatable bonds is 2. The molecule has 0 atom stereocenters. The summed E-state index contributed by atoms with van der Waals surface area (Å²) in [4.78, 5) is 0. The Kier molecular flexibility index (Phi) is 3.33. The van der Waals surface area contributed by atoms with Crippen LogP contribution in [0, 0.1) is 5.41 Å². The zero-order chi connectivity index (χ0) is 8.04. The predicted octanol–water partition coefficient (Wildman–Crippen LogP) is 2.85. The maximum atomic E-state index is 3.49. The van der Waals surface area contributed by atoms with Crippen LogP contribution in [0.1, 0.15) is 13.8 Å². The minimum Gasteiger partial charge on any atom is -0.132 e. The first-order valence-electron chi connectivity index (χ1n) is 3.11. The number of hydrogen-bond donors (Lipinski definition) is 0. The molecule has 0 nitrogen and oxygen atoms in total. The Bertz CT molecular complexity index is 225. The molecule has 0 fully saturated rings. The molecule has 0 aliphatic heterocycles. The molecule has 52 valence electrons. The van der Waals surface area contributed by atoms with Gasteiger partial charge in [-0.15, -0.1) is 5.73 Å². The second-order valence-corrected chi connectivity index (χ2v) is 2.64. The molecule has 0 aromatic heterocycles. The summed E-state index contributed by atoms with van der Waals surface area (Å²) in [7, 11) is 0. The van der Waals surface area contributed by atoms with Crippen LogP contribution in [0.3, 0.4) is 0 Å². The Hall–Kier alpha value is -1.18. The first kappa shape index (κ1) is 8.82. The van der Waals surface area contributed by atoms with Crippen LogP contribution in [0.4, 0.5) is 0 Å². The molecule has 0 N–H and O–H groups in total. The summed E-state index contributed by atoms with van der Waals surface area (Å²) in [6.07, 6.45) is 3.75. The number of hydrogen-bond acceptors (Lipinski definition) is 0. The van der Waals surface area contributed by atoms with Gasteiger partial charge in [0.05, 0.1) is 0 Å². The van der Waals surface area contributed by atoms with Gasteiger partial charge in [-0.3, -0.25) is 0 Å². The van der Waals surface area contributed by atoms with Crippen LogP contribution in [0.2, 0.25) is 0 Å².